The fourth-order valence-electron chi connectivity index (χ4n) is 2.87. The zero-order valence-corrected chi connectivity index (χ0v) is 11.7. The Hall–Kier alpha value is -0.610. The van der Waals surface area contributed by atoms with Crippen LogP contribution in [0.4, 0.5) is 0 Å². The molecule has 0 saturated heterocycles. The summed E-state index contributed by atoms with van der Waals surface area (Å²) < 4.78 is 5.35. The molecule has 3 atom stereocenters. The van der Waals surface area contributed by atoms with Crippen LogP contribution in [0.3, 0.4) is 0 Å². The third-order valence-corrected chi connectivity index (χ3v) is 3.99. The van der Waals surface area contributed by atoms with Crippen molar-refractivity contribution in [2.45, 2.75) is 65.1 Å². The molecule has 1 fully saturated rings. The quantitative estimate of drug-likeness (QED) is 0.736. The van der Waals surface area contributed by atoms with Crippen molar-refractivity contribution in [1.82, 2.24) is 0 Å². The first-order chi connectivity index (χ1) is 8.39. The average Bonchev–Trinajstić information content (AvgIpc) is 2.71. The number of ether oxygens (including phenoxy) is 1. The van der Waals surface area contributed by atoms with Gasteiger partial charge in [0.2, 0.25) is 0 Å². The molecule has 0 bridgehead atoms. The summed E-state index contributed by atoms with van der Waals surface area (Å²) in [6, 6.07) is 0. The van der Waals surface area contributed by atoms with E-state index in [-0.39, 0.29) is 12.7 Å². The summed E-state index contributed by atoms with van der Waals surface area (Å²) in [5.41, 5.74) is -0.736. The van der Waals surface area contributed by atoms with Crippen LogP contribution in [0.5, 0.6) is 0 Å². The second-order valence-electron chi connectivity index (χ2n) is 5.84. The van der Waals surface area contributed by atoms with Crippen molar-refractivity contribution in [3.05, 3.63) is 0 Å². The third kappa shape index (κ3) is 3.95. The Balaban J connectivity index is 2.56. The molecule has 0 heterocycles. The Morgan fingerprint density at radius 3 is 2.61 bits per heavy atom. The minimum absolute atomic E-state index is 0.0624. The van der Waals surface area contributed by atoms with Gasteiger partial charge in [-0.15, -0.1) is 0 Å². The third-order valence-electron chi connectivity index (χ3n) is 3.99. The zero-order valence-electron chi connectivity index (χ0n) is 11.7. The van der Waals surface area contributed by atoms with Crippen molar-refractivity contribution in [1.29, 1.82) is 0 Å². The predicted molar refractivity (Wildman–Crippen MR) is 69.4 cm³/mol. The second kappa shape index (κ2) is 6.53. The van der Waals surface area contributed by atoms with Gasteiger partial charge in [0.15, 0.2) is 0 Å². The highest BCUT2D eigenvalue weighted by Crippen LogP contribution is 2.46. The SMILES string of the molecule is CCC1CCC(CC(O)COC(C)C)(C(=O)O)C1. The maximum atomic E-state index is 11.5. The van der Waals surface area contributed by atoms with Gasteiger partial charge in [0.1, 0.15) is 0 Å². The standard InChI is InChI=1S/C14H26O4/c1-4-11-5-6-14(7-11,13(16)17)8-12(15)9-18-10(2)3/h10-12,15H,4-9H2,1-3H3,(H,16,17). The molecule has 1 aliphatic carbocycles. The minimum Gasteiger partial charge on any atom is -0.481 e. The lowest BCUT2D eigenvalue weighted by Crippen LogP contribution is -2.34. The van der Waals surface area contributed by atoms with E-state index in [9.17, 15) is 15.0 Å². The Kier molecular flexibility index (Phi) is 5.60. The minimum atomic E-state index is -0.762. The molecule has 0 amide bonds. The molecule has 106 valence electrons. The van der Waals surface area contributed by atoms with E-state index in [1.807, 2.05) is 13.8 Å². The average molecular weight is 258 g/mol. The van der Waals surface area contributed by atoms with Crippen LogP contribution in [-0.4, -0.2) is 35.0 Å². The number of hydrogen-bond donors (Lipinski definition) is 2. The molecule has 0 aromatic heterocycles. The van der Waals surface area contributed by atoms with Crippen molar-refractivity contribution in [2.24, 2.45) is 11.3 Å². The van der Waals surface area contributed by atoms with Crippen molar-refractivity contribution >= 4 is 5.97 Å². The van der Waals surface area contributed by atoms with Crippen LogP contribution in [0.25, 0.3) is 0 Å². The fourth-order valence-corrected chi connectivity index (χ4v) is 2.87. The van der Waals surface area contributed by atoms with Gasteiger partial charge in [-0.1, -0.05) is 13.3 Å². The van der Waals surface area contributed by atoms with Gasteiger partial charge in [-0.25, -0.2) is 0 Å². The van der Waals surface area contributed by atoms with Crippen LogP contribution < -0.4 is 0 Å². The number of rotatable bonds is 7. The first kappa shape index (κ1) is 15.4. The van der Waals surface area contributed by atoms with E-state index in [1.54, 1.807) is 0 Å². The van der Waals surface area contributed by atoms with Gasteiger partial charge in [0, 0.05) is 0 Å². The highest BCUT2D eigenvalue weighted by atomic mass is 16.5. The predicted octanol–water partition coefficient (Wildman–Crippen LogP) is 2.44. The molecule has 0 aromatic carbocycles. The van der Waals surface area contributed by atoms with E-state index < -0.39 is 17.5 Å². The molecule has 0 radical (unpaired) electrons. The first-order valence-corrected chi connectivity index (χ1v) is 6.92. The molecule has 0 aliphatic heterocycles. The molecule has 4 nitrogen and oxygen atoms in total. The molecule has 1 aliphatic rings. The number of aliphatic hydroxyl groups excluding tert-OH is 1. The van der Waals surface area contributed by atoms with Gasteiger partial charge in [-0.05, 0) is 45.4 Å². The maximum Gasteiger partial charge on any atom is 0.309 e. The van der Waals surface area contributed by atoms with Crippen LogP contribution >= 0.6 is 0 Å². The molecule has 3 unspecified atom stereocenters. The molecular weight excluding hydrogens is 232 g/mol. The lowest BCUT2D eigenvalue weighted by atomic mass is 9.80. The van der Waals surface area contributed by atoms with E-state index in [2.05, 4.69) is 6.92 Å². The Morgan fingerprint density at radius 2 is 2.17 bits per heavy atom. The van der Waals surface area contributed by atoms with Crippen molar-refractivity contribution in [3.8, 4) is 0 Å². The van der Waals surface area contributed by atoms with Gasteiger partial charge in [-0.3, -0.25) is 4.79 Å². The number of carbonyl (C=O) groups is 1. The van der Waals surface area contributed by atoms with E-state index in [0.717, 1.165) is 12.8 Å². The molecule has 18 heavy (non-hydrogen) atoms. The Bertz CT molecular complexity index is 277. The van der Waals surface area contributed by atoms with Crippen molar-refractivity contribution in [3.63, 3.8) is 0 Å². The number of aliphatic hydroxyl groups is 1. The summed E-state index contributed by atoms with van der Waals surface area (Å²) in [6.07, 6.45) is 3.04. The van der Waals surface area contributed by atoms with Gasteiger partial charge < -0.3 is 14.9 Å². The molecule has 1 saturated carbocycles. The molecule has 1 rings (SSSR count). The Labute approximate surface area is 109 Å². The van der Waals surface area contributed by atoms with Crippen LogP contribution in [0, 0.1) is 11.3 Å². The second-order valence-corrected chi connectivity index (χ2v) is 5.84. The number of carboxylic acid groups (broad SMARTS) is 1. The summed E-state index contributed by atoms with van der Waals surface area (Å²) in [7, 11) is 0. The summed E-state index contributed by atoms with van der Waals surface area (Å²) in [4.78, 5) is 11.5. The van der Waals surface area contributed by atoms with Crippen molar-refractivity contribution < 1.29 is 19.7 Å². The summed E-state index contributed by atoms with van der Waals surface area (Å²) in [5.74, 6) is -0.277. The van der Waals surface area contributed by atoms with E-state index in [1.165, 1.54) is 0 Å². The van der Waals surface area contributed by atoms with Crippen LogP contribution in [0.15, 0.2) is 0 Å². The molecule has 2 N–H and O–H groups in total. The summed E-state index contributed by atoms with van der Waals surface area (Å²) in [6.45, 7) is 6.13. The van der Waals surface area contributed by atoms with Gasteiger partial charge in [0.25, 0.3) is 0 Å². The zero-order chi connectivity index (χ0) is 13.8. The lowest BCUT2D eigenvalue weighted by Gasteiger charge is -2.27. The van der Waals surface area contributed by atoms with E-state index in [4.69, 9.17) is 4.74 Å². The molecule has 0 aromatic rings. The highest BCUT2D eigenvalue weighted by Gasteiger charge is 2.45. The molecule has 4 heteroatoms. The van der Waals surface area contributed by atoms with Crippen molar-refractivity contribution in [2.75, 3.05) is 6.61 Å². The van der Waals surface area contributed by atoms with Gasteiger partial charge in [0.05, 0.1) is 24.2 Å². The number of carboxylic acids is 1. The molecule has 0 spiro atoms. The summed E-state index contributed by atoms with van der Waals surface area (Å²) in [5, 5.41) is 19.4. The smallest absolute Gasteiger partial charge is 0.309 e. The first-order valence-electron chi connectivity index (χ1n) is 6.92. The maximum absolute atomic E-state index is 11.5. The Morgan fingerprint density at radius 1 is 1.50 bits per heavy atom. The topological polar surface area (TPSA) is 66.8 Å². The van der Waals surface area contributed by atoms with E-state index in [0.29, 0.717) is 25.2 Å². The lowest BCUT2D eigenvalue weighted by molar-refractivity contribution is -0.151. The number of aliphatic carboxylic acids is 1. The largest absolute Gasteiger partial charge is 0.481 e. The monoisotopic (exact) mass is 258 g/mol. The fraction of sp³-hybridized carbons (Fsp3) is 0.929. The normalized spacial score (nSPS) is 29.7. The van der Waals surface area contributed by atoms with Crippen LogP contribution in [0.2, 0.25) is 0 Å². The summed E-state index contributed by atoms with van der Waals surface area (Å²) >= 11 is 0. The van der Waals surface area contributed by atoms with Gasteiger partial charge >= 0.3 is 5.97 Å². The van der Waals surface area contributed by atoms with Gasteiger partial charge in [-0.2, -0.15) is 0 Å². The van der Waals surface area contributed by atoms with Crippen LogP contribution in [-0.2, 0) is 9.53 Å². The number of hydrogen-bond acceptors (Lipinski definition) is 3. The van der Waals surface area contributed by atoms with Crippen LogP contribution in [0.1, 0.15) is 52.9 Å². The van der Waals surface area contributed by atoms with E-state index >= 15 is 0 Å². The molecular formula is C14H26O4. The highest BCUT2D eigenvalue weighted by molar-refractivity contribution is 5.75.